The van der Waals surface area contributed by atoms with Crippen LogP contribution in [0, 0.1) is 12.8 Å². The lowest BCUT2D eigenvalue weighted by atomic mass is 9.91. The highest BCUT2D eigenvalue weighted by molar-refractivity contribution is 7.89. The molecule has 3 aromatic carbocycles. The number of piperidine rings is 1. The smallest absolute Gasteiger partial charge is 0.324 e. The molecule has 0 unspecified atom stereocenters. The van der Waals surface area contributed by atoms with E-state index in [-0.39, 0.29) is 16.3 Å². The average Bonchev–Trinajstić information content (AvgIpc) is 3.42. The molecule has 232 valence electrons. The summed E-state index contributed by atoms with van der Waals surface area (Å²) in [7, 11) is -2.05. The Morgan fingerprint density at radius 2 is 1.66 bits per heavy atom. The van der Waals surface area contributed by atoms with Crippen molar-refractivity contribution >= 4 is 27.6 Å². The fourth-order valence-corrected chi connectivity index (χ4v) is 6.88. The zero-order chi connectivity index (χ0) is 31.5. The number of carbonyl (C=O) groups is 1. The van der Waals surface area contributed by atoms with Gasteiger partial charge in [-0.25, -0.2) is 17.9 Å². The minimum atomic E-state index is -3.57. The molecule has 1 aliphatic heterocycles. The summed E-state index contributed by atoms with van der Waals surface area (Å²) in [6, 6.07) is 24.0. The van der Waals surface area contributed by atoms with Crippen molar-refractivity contribution in [1.82, 2.24) is 14.1 Å². The van der Waals surface area contributed by atoms with Crippen molar-refractivity contribution < 1.29 is 17.9 Å². The number of urea groups is 1. The summed E-state index contributed by atoms with van der Waals surface area (Å²) in [5, 5.41) is 10.7. The quantitative estimate of drug-likeness (QED) is 0.228. The third-order valence-corrected chi connectivity index (χ3v) is 9.85. The Labute approximate surface area is 260 Å². The third kappa shape index (κ3) is 7.31. The minimum Gasteiger partial charge on any atom is -0.497 e. The first kappa shape index (κ1) is 31.3. The number of nitrogens with one attached hydrogen (secondary N) is 2. The van der Waals surface area contributed by atoms with Crippen LogP contribution in [0.3, 0.4) is 0 Å². The molecule has 2 N–H and O–H groups in total. The monoisotopic (exact) mass is 615 g/mol. The van der Waals surface area contributed by atoms with E-state index in [0.29, 0.717) is 36.3 Å². The number of carbonyl (C=O) groups excluding carboxylic acids is 1. The number of benzene rings is 3. The summed E-state index contributed by atoms with van der Waals surface area (Å²) >= 11 is 0. The van der Waals surface area contributed by atoms with Crippen molar-refractivity contribution in [1.29, 1.82) is 0 Å². The SMILES string of the molecule is COc1cccc(S(=O)(=O)N2CCC(Cc3cccc(NC(=O)Nc4cc(C(C)(C)C)nn4-c4ccc(C)cc4)c3)CC2)c1. The van der Waals surface area contributed by atoms with E-state index in [9.17, 15) is 13.2 Å². The molecule has 2 heterocycles. The Morgan fingerprint density at radius 3 is 2.34 bits per heavy atom. The summed E-state index contributed by atoms with van der Waals surface area (Å²) in [4.78, 5) is 13.4. The van der Waals surface area contributed by atoms with Crippen molar-refractivity contribution in [3.05, 3.63) is 95.7 Å². The van der Waals surface area contributed by atoms with Crippen LogP contribution in [0.1, 0.15) is 50.4 Å². The number of aryl methyl sites for hydroxylation is 1. The Morgan fingerprint density at radius 1 is 0.955 bits per heavy atom. The summed E-state index contributed by atoms with van der Waals surface area (Å²) in [6.07, 6.45) is 2.33. The molecular formula is C34H41N5O4S. The molecular weight excluding hydrogens is 574 g/mol. The first-order chi connectivity index (χ1) is 20.9. The van der Waals surface area contributed by atoms with Gasteiger partial charge in [-0.1, -0.05) is 56.7 Å². The predicted molar refractivity (Wildman–Crippen MR) is 174 cm³/mol. The van der Waals surface area contributed by atoms with Crippen LogP contribution in [0.2, 0.25) is 0 Å². The van der Waals surface area contributed by atoms with Crippen LogP contribution in [-0.2, 0) is 21.9 Å². The molecule has 4 aromatic rings. The highest BCUT2D eigenvalue weighted by atomic mass is 32.2. The van der Waals surface area contributed by atoms with Crippen LogP contribution in [0.5, 0.6) is 5.75 Å². The lowest BCUT2D eigenvalue weighted by Gasteiger charge is -2.31. The molecule has 0 atom stereocenters. The van der Waals surface area contributed by atoms with Gasteiger partial charge in [0.1, 0.15) is 11.6 Å². The average molecular weight is 616 g/mol. The molecule has 9 nitrogen and oxygen atoms in total. The molecule has 1 aromatic heterocycles. The lowest BCUT2D eigenvalue weighted by molar-refractivity contribution is 0.262. The van der Waals surface area contributed by atoms with E-state index in [1.54, 1.807) is 33.3 Å². The normalized spacial score (nSPS) is 14.8. The number of anilines is 2. The van der Waals surface area contributed by atoms with Gasteiger partial charge < -0.3 is 10.1 Å². The van der Waals surface area contributed by atoms with E-state index in [2.05, 4.69) is 31.4 Å². The number of hydrogen-bond donors (Lipinski definition) is 2. The first-order valence-corrected chi connectivity index (χ1v) is 16.3. The second-order valence-electron chi connectivity index (χ2n) is 12.4. The van der Waals surface area contributed by atoms with E-state index < -0.39 is 10.0 Å². The van der Waals surface area contributed by atoms with Crippen LogP contribution in [-0.4, -0.2) is 48.7 Å². The van der Waals surface area contributed by atoms with E-state index in [4.69, 9.17) is 9.84 Å². The second-order valence-corrected chi connectivity index (χ2v) is 14.4. The van der Waals surface area contributed by atoms with Crippen LogP contribution < -0.4 is 15.4 Å². The topological polar surface area (TPSA) is 106 Å². The number of ether oxygens (including phenoxy) is 1. The number of amides is 2. The minimum absolute atomic E-state index is 0.188. The third-order valence-electron chi connectivity index (χ3n) is 7.96. The predicted octanol–water partition coefficient (Wildman–Crippen LogP) is 6.77. The molecule has 0 bridgehead atoms. The van der Waals surface area contributed by atoms with Gasteiger partial charge in [0.2, 0.25) is 10.0 Å². The molecule has 2 amide bonds. The van der Waals surface area contributed by atoms with Gasteiger partial charge in [-0.3, -0.25) is 5.32 Å². The van der Waals surface area contributed by atoms with Crippen LogP contribution in [0.25, 0.3) is 5.69 Å². The summed E-state index contributed by atoms with van der Waals surface area (Å²) < 4.78 is 34.9. The van der Waals surface area contributed by atoms with E-state index in [1.165, 1.54) is 7.11 Å². The molecule has 1 saturated heterocycles. The molecule has 0 spiro atoms. The van der Waals surface area contributed by atoms with Crippen LogP contribution in [0.4, 0.5) is 16.3 Å². The van der Waals surface area contributed by atoms with E-state index in [1.807, 2.05) is 61.5 Å². The number of sulfonamides is 1. The van der Waals surface area contributed by atoms with E-state index >= 15 is 0 Å². The van der Waals surface area contributed by atoms with Gasteiger partial charge in [-0.05, 0) is 74.1 Å². The zero-order valence-corrected chi connectivity index (χ0v) is 26.8. The van der Waals surface area contributed by atoms with Crippen molar-refractivity contribution in [2.45, 2.75) is 57.3 Å². The maximum absolute atomic E-state index is 13.2. The summed E-state index contributed by atoms with van der Waals surface area (Å²) in [5.74, 6) is 1.45. The maximum atomic E-state index is 13.2. The standard InChI is InChI=1S/C34H41N5O4S/c1-24-12-14-28(15-13-24)39-32(23-31(37-39)34(2,3)4)36-33(40)35-27-9-6-8-26(21-27)20-25-16-18-38(19-17-25)44(41,42)30-11-7-10-29(22-30)43-5/h6-15,21-23,25H,16-20H2,1-5H3,(H2,35,36,40). The molecule has 0 aliphatic carbocycles. The highest BCUT2D eigenvalue weighted by Crippen LogP contribution is 2.29. The van der Waals surface area contributed by atoms with Gasteiger partial charge in [-0.2, -0.15) is 9.40 Å². The number of aromatic nitrogens is 2. The van der Waals surface area contributed by atoms with Gasteiger partial charge in [-0.15, -0.1) is 0 Å². The number of methoxy groups -OCH3 is 1. The van der Waals surface area contributed by atoms with E-state index in [0.717, 1.165) is 41.8 Å². The van der Waals surface area contributed by atoms with Gasteiger partial charge >= 0.3 is 6.03 Å². The molecule has 44 heavy (non-hydrogen) atoms. The Hall–Kier alpha value is -4.15. The number of hydrogen-bond acceptors (Lipinski definition) is 5. The summed E-state index contributed by atoms with van der Waals surface area (Å²) in [5.41, 5.74) is 4.48. The maximum Gasteiger partial charge on any atom is 0.324 e. The Balaban J connectivity index is 1.21. The van der Waals surface area contributed by atoms with Crippen LogP contribution in [0.15, 0.2) is 83.8 Å². The second kappa shape index (κ2) is 12.8. The van der Waals surface area contributed by atoms with Crippen LogP contribution >= 0.6 is 0 Å². The molecule has 1 aliphatic rings. The molecule has 0 radical (unpaired) electrons. The fraction of sp³-hybridized carbons (Fsp3) is 0.353. The molecule has 0 saturated carbocycles. The van der Waals surface area contributed by atoms with Crippen molar-refractivity contribution in [3.63, 3.8) is 0 Å². The van der Waals surface area contributed by atoms with Crippen molar-refractivity contribution in [2.24, 2.45) is 5.92 Å². The Kier molecular flexibility index (Phi) is 9.12. The first-order valence-electron chi connectivity index (χ1n) is 14.9. The van der Waals surface area contributed by atoms with Gasteiger partial charge in [0.25, 0.3) is 0 Å². The zero-order valence-electron chi connectivity index (χ0n) is 26.0. The largest absolute Gasteiger partial charge is 0.497 e. The van der Waals surface area contributed by atoms with Gasteiger partial charge in [0.15, 0.2) is 0 Å². The van der Waals surface area contributed by atoms with Crippen molar-refractivity contribution in [2.75, 3.05) is 30.8 Å². The van der Waals surface area contributed by atoms with Gasteiger partial charge in [0, 0.05) is 36.3 Å². The molecule has 5 rings (SSSR count). The molecule has 10 heteroatoms. The van der Waals surface area contributed by atoms with Crippen molar-refractivity contribution in [3.8, 4) is 11.4 Å². The summed E-state index contributed by atoms with van der Waals surface area (Å²) in [6.45, 7) is 9.24. The number of nitrogens with zero attached hydrogens (tertiary/aromatic N) is 3. The molecule has 1 fully saturated rings. The lowest BCUT2D eigenvalue weighted by Crippen LogP contribution is -2.38. The Bertz CT molecular complexity index is 1720. The highest BCUT2D eigenvalue weighted by Gasteiger charge is 2.30. The number of rotatable bonds is 8. The van der Waals surface area contributed by atoms with Gasteiger partial charge in [0.05, 0.1) is 23.4 Å². The fourth-order valence-electron chi connectivity index (χ4n) is 5.37.